The second kappa shape index (κ2) is 6.33. The summed E-state index contributed by atoms with van der Waals surface area (Å²) in [5.41, 5.74) is 0.143. The Hall–Kier alpha value is -0.0800. The Bertz CT molecular complexity index is 506. The summed E-state index contributed by atoms with van der Waals surface area (Å²) < 4.78 is 0. The van der Waals surface area contributed by atoms with Gasteiger partial charge in [0.15, 0.2) is 0 Å². The van der Waals surface area contributed by atoms with Crippen molar-refractivity contribution >= 4 is 36.4 Å². The predicted octanol–water partition coefficient (Wildman–Crippen LogP) is 5.01. The second-order valence-corrected chi connectivity index (χ2v) is 8.77. The van der Waals surface area contributed by atoms with Crippen LogP contribution in [0.1, 0.15) is 71.6 Å². The third-order valence-corrected chi connectivity index (χ3v) is 8.07. The molecule has 4 saturated carbocycles. The van der Waals surface area contributed by atoms with Crippen LogP contribution in [0, 0.1) is 34.5 Å². The number of hydrogen-bond acceptors (Lipinski definition) is 2. The maximum Gasteiger partial charge on any atom is 0.139 e. The van der Waals surface area contributed by atoms with Crippen molar-refractivity contribution < 1.29 is 9.59 Å². The summed E-state index contributed by atoms with van der Waals surface area (Å²) in [5.74, 6) is 3.03. The minimum atomic E-state index is -0.0979. The van der Waals surface area contributed by atoms with Gasteiger partial charge in [0.1, 0.15) is 11.6 Å². The van der Waals surface area contributed by atoms with Gasteiger partial charge in [-0.3, -0.25) is 9.59 Å². The molecule has 0 aromatic carbocycles. The number of Topliss-reactive ketones (excluding diaryl/α,β-unsaturated/α-hetero) is 2. The van der Waals surface area contributed by atoms with E-state index in [1.165, 1.54) is 25.7 Å². The third-order valence-electron chi connectivity index (χ3n) is 8.07. The fraction of sp³-hybridized carbons (Fsp3) is 0.895. The molecule has 0 spiro atoms. The molecule has 0 radical (unpaired) electrons. The number of ketones is 2. The zero-order valence-electron chi connectivity index (χ0n) is 14.3. The van der Waals surface area contributed by atoms with Crippen LogP contribution in [0.25, 0.3) is 0 Å². The van der Waals surface area contributed by atoms with Gasteiger partial charge in [-0.15, -0.1) is 24.8 Å². The van der Waals surface area contributed by atoms with Crippen LogP contribution in [-0.2, 0) is 9.59 Å². The SMILES string of the molecule is C[C@]12CCCC[C@@H]1C(=O)C[C@@H]1[C@@H]2CC[C@]2(C)C(=O)CC[C@@H]12.Cl.Cl. The molecule has 0 aromatic rings. The van der Waals surface area contributed by atoms with Gasteiger partial charge < -0.3 is 0 Å². The van der Waals surface area contributed by atoms with Gasteiger partial charge in [0, 0.05) is 24.2 Å². The first kappa shape index (κ1) is 19.2. The smallest absolute Gasteiger partial charge is 0.139 e. The summed E-state index contributed by atoms with van der Waals surface area (Å²) in [6.45, 7) is 4.61. The molecule has 0 bridgehead atoms. The van der Waals surface area contributed by atoms with Crippen molar-refractivity contribution in [3.63, 3.8) is 0 Å². The van der Waals surface area contributed by atoms with Crippen LogP contribution in [0.15, 0.2) is 0 Å². The predicted molar refractivity (Wildman–Crippen MR) is 96.2 cm³/mol. The van der Waals surface area contributed by atoms with Gasteiger partial charge >= 0.3 is 0 Å². The maximum absolute atomic E-state index is 12.8. The van der Waals surface area contributed by atoms with E-state index in [2.05, 4.69) is 13.8 Å². The van der Waals surface area contributed by atoms with Crippen LogP contribution in [-0.4, -0.2) is 11.6 Å². The lowest BCUT2D eigenvalue weighted by molar-refractivity contribution is -0.155. The molecule has 4 fully saturated rings. The van der Waals surface area contributed by atoms with Gasteiger partial charge in [-0.25, -0.2) is 0 Å². The Kier molecular flexibility index (Phi) is 5.30. The number of carbonyl (C=O) groups excluding carboxylic acids is 2. The quantitative estimate of drug-likeness (QED) is 0.608. The van der Waals surface area contributed by atoms with E-state index in [0.29, 0.717) is 35.2 Å². The number of halogens is 2. The van der Waals surface area contributed by atoms with E-state index in [9.17, 15) is 9.59 Å². The number of carbonyl (C=O) groups is 2. The minimum absolute atomic E-state index is 0. The van der Waals surface area contributed by atoms with Crippen LogP contribution in [0.2, 0.25) is 0 Å². The van der Waals surface area contributed by atoms with Crippen molar-refractivity contribution in [2.45, 2.75) is 71.6 Å². The summed E-state index contributed by atoms with van der Waals surface area (Å²) in [5, 5.41) is 0. The topological polar surface area (TPSA) is 34.1 Å². The van der Waals surface area contributed by atoms with Crippen LogP contribution < -0.4 is 0 Å². The Balaban J connectivity index is 0.000000960. The third kappa shape index (κ3) is 2.51. The van der Waals surface area contributed by atoms with Crippen molar-refractivity contribution in [1.82, 2.24) is 0 Å². The van der Waals surface area contributed by atoms with Crippen molar-refractivity contribution in [2.75, 3.05) is 0 Å². The molecular weight excluding hydrogens is 331 g/mol. The molecule has 0 aliphatic heterocycles. The monoisotopic (exact) mass is 360 g/mol. The molecule has 0 unspecified atom stereocenters. The summed E-state index contributed by atoms with van der Waals surface area (Å²) >= 11 is 0. The van der Waals surface area contributed by atoms with E-state index >= 15 is 0 Å². The lowest BCUT2D eigenvalue weighted by atomic mass is 9.45. The van der Waals surface area contributed by atoms with Gasteiger partial charge in [-0.1, -0.05) is 26.7 Å². The lowest BCUT2D eigenvalue weighted by Crippen LogP contribution is -2.55. The van der Waals surface area contributed by atoms with Gasteiger partial charge in [0.25, 0.3) is 0 Å². The molecule has 6 atom stereocenters. The van der Waals surface area contributed by atoms with Crippen molar-refractivity contribution in [3.05, 3.63) is 0 Å². The highest BCUT2D eigenvalue weighted by Crippen LogP contribution is 2.64. The van der Waals surface area contributed by atoms with Crippen molar-refractivity contribution in [3.8, 4) is 0 Å². The summed E-state index contributed by atoms with van der Waals surface area (Å²) in [6.07, 6.45) is 9.74. The Labute approximate surface area is 152 Å². The summed E-state index contributed by atoms with van der Waals surface area (Å²) in [6, 6.07) is 0. The highest BCUT2D eigenvalue weighted by atomic mass is 35.5. The van der Waals surface area contributed by atoms with Crippen LogP contribution >= 0.6 is 24.8 Å². The van der Waals surface area contributed by atoms with Gasteiger partial charge in [-0.2, -0.15) is 0 Å². The summed E-state index contributed by atoms with van der Waals surface area (Å²) in [7, 11) is 0. The molecule has 4 rings (SSSR count). The summed E-state index contributed by atoms with van der Waals surface area (Å²) in [4.78, 5) is 25.1. The molecule has 0 aromatic heterocycles. The van der Waals surface area contributed by atoms with E-state index in [1.54, 1.807) is 0 Å². The molecule has 0 amide bonds. The van der Waals surface area contributed by atoms with Crippen LogP contribution in [0.4, 0.5) is 0 Å². The first-order valence-corrected chi connectivity index (χ1v) is 9.03. The van der Waals surface area contributed by atoms with Gasteiger partial charge in [0.05, 0.1) is 0 Å². The standard InChI is InChI=1S/C19H28O2.2ClH/c1-18-9-4-3-5-15(18)16(20)11-12-13-6-7-17(21)19(13,2)10-8-14(12)18;;/h12-15H,3-11H2,1-2H3;2*1H/t12-,13-,14-,15+,18+,19-;;/m0../s1. The average molecular weight is 361 g/mol. The van der Waals surface area contributed by atoms with E-state index < -0.39 is 0 Å². The van der Waals surface area contributed by atoms with E-state index in [1.807, 2.05) is 0 Å². The fourth-order valence-electron chi connectivity index (χ4n) is 6.87. The number of hydrogen-bond donors (Lipinski definition) is 0. The van der Waals surface area contributed by atoms with Crippen molar-refractivity contribution in [1.29, 1.82) is 0 Å². The minimum Gasteiger partial charge on any atom is -0.299 e. The fourth-order valence-corrected chi connectivity index (χ4v) is 6.87. The largest absolute Gasteiger partial charge is 0.299 e. The molecule has 4 aliphatic rings. The highest BCUT2D eigenvalue weighted by molar-refractivity contribution is 5.88. The van der Waals surface area contributed by atoms with Crippen LogP contribution in [0.5, 0.6) is 0 Å². The van der Waals surface area contributed by atoms with E-state index in [4.69, 9.17) is 0 Å². The highest BCUT2D eigenvalue weighted by Gasteiger charge is 2.61. The molecule has 2 nitrogen and oxygen atoms in total. The second-order valence-electron chi connectivity index (χ2n) is 8.77. The van der Waals surface area contributed by atoms with Crippen LogP contribution in [0.3, 0.4) is 0 Å². The molecule has 0 saturated heterocycles. The molecule has 4 aliphatic carbocycles. The first-order valence-electron chi connectivity index (χ1n) is 9.03. The molecule has 4 heteroatoms. The Morgan fingerprint density at radius 3 is 2.39 bits per heavy atom. The van der Waals surface area contributed by atoms with Gasteiger partial charge in [-0.05, 0) is 55.3 Å². The number of rotatable bonds is 0. The lowest BCUT2D eigenvalue weighted by Gasteiger charge is -2.58. The maximum atomic E-state index is 12.8. The zero-order chi connectivity index (χ0) is 14.8. The molecular formula is C19H30Cl2O2. The average Bonchev–Trinajstić information content (AvgIpc) is 2.75. The first-order chi connectivity index (χ1) is 9.97. The Morgan fingerprint density at radius 1 is 0.913 bits per heavy atom. The zero-order valence-corrected chi connectivity index (χ0v) is 15.9. The van der Waals surface area contributed by atoms with E-state index in [0.717, 1.165) is 32.1 Å². The molecule has 0 heterocycles. The van der Waals surface area contributed by atoms with Gasteiger partial charge in [0.2, 0.25) is 0 Å². The Morgan fingerprint density at radius 2 is 1.65 bits per heavy atom. The molecule has 23 heavy (non-hydrogen) atoms. The molecule has 0 N–H and O–H groups in total. The van der Waals surface area contributed by atoms with Crippen molar-refractivity contribution in [2.24, 2.45) is 34.5 Å². The normalized spacial score (nSPS) is 48.4. The molecule has 132 valence electrons. The number of fused-ring (bicyclic) bond motifs is 5. The van der Waals surface area contributed by atoms with E-state index in [-0.39, 0.29) is 35.6 Å².